The number of methoxy groups -OCH3 is 1. The number of esters is 1. The number of aryl methyl sites for hydroxylation is 2. The van der Waals surface area contributed by atoms with E-state index in [1.54, 1.807) is 0 Å². The molecule has 0 aliphatic carbocycles. The number of hydrogen-bond acceptors (Lipinski definition) is 2. The monoisotopic (exact) mass is 165 g/mol. The normalized spacial score (nSPS) is 14.4. The molecule has 0 unspecified atom stereocenters. The van der Waals surface area contributed by atoms with Crippen LogP contribution >= 0.6 is 0 Å². The lowest BCUT2D eigenvalue weighted by molar-refractivity contribution is 0.0600. The van der Waals surface area contributed by atoms with Crippen molar-refractivity contribution >= 4 is 5.97 Å². The molecule has 0 fully saturated rings. The Hall–Kier alpha value is -1.25. The van der Waals surface area contributed by atoms with Crippen LogP contribution < -0.4 is 0 Å². The third-order valence-corrected chi connectivity index (χ3v) is 2.24. The van der Waals surface area contributed by atoms with Crippen LogP contribution in [-0.4, -0.2) is 17.6 Å². The van der Waals surface area contributed by atoms with Gasteiger partial charge in [0.15, 0.2) is 0 Å². The lowest BCUT2D eigenvalue weighted by Crippen LogP contribution is -1.99. The minimum atomic E-state index is -0.239. The number of ether oxygens (including phenoxy) is 1. The summed E-state index contributed by atoms with van der Waals surface area (Å²) in [5.74, 6) is -0.239. The van der Waals surface area contributed by atoms with Crippen molar-refractivity contribution in [2.24, 2.45) is 0 Å². The van der Waals surface area contributed by atoms with E-state index in [9.17, 15) is 4.79 Å². The summed E-state index contributed by atoms with van der Waals surface area (Å²) in [6.07, 6.45) is 4.14. The van der Waals surface area contributed by atoms with Crippen LogP contribution in [0.2, 0.25) is 0 Å². The molecule has 2 rings (SSSR count). The Morgan fingerprint density at radius 1 is 1.67 bits per heavy atom. The molecular formula is C9H11NO2. The fourth-order valence-corrected chi connectivity index (χ4v) is 1.63. The first-order valence-corrected chi connectivity index (χ1v) is 4.08. The molecule has 1 aromatic rings. The van der Waals surface area contributed by atoms with E-state index in [0.29, 0.717) is 5.56 Å². The molecule has 0 radical (unpaired) electrons. The van der Waals surface area contributed by atoms with Crippen molar-refractivity contribution in [1.82, 2.24) is 4.57 Å². The second kappa shape index (κ2) is 2.66. The standard InChI is InChI=1S/C9H11NO2/c1-12-9(11)7-5-8-3-2-4-10(8)6-7/h5-6H,2-4H2,1H3. The highest BCUT2D eigenvalue weighted by Gasteiger charge is 2.15. The van der Waals surface area contributed by atoms with Crippen molar-refractivity contribution in [2.45, 2.75) is 19.4 Å². The smallest absolute Gasteiger partial charge is 0.339 e. The van der Waals surface area contributed by atoms with Gasteiger partial charge in [0, 0.05) is 18.4 Å². The summed E-state index contributed by atoms with van der Waals surface area (Å²) in [6.45, 7) is 1.03. The van der Waals surface area contributed by atoms with Gasteiger partial charge in [-0.2, -0.15) is 0 Å². The first-order chi connectivity index (χ1) is 5.81. The lowest BCUT2D eigenvalue weighted by Gasteiger charge is -1.94. The predicted octanol–water partition coefficient (Wildman–Crippen LogP) is 1.22. The second-order valence-electron chi connectivity index (χ2n) is 3.01. The summed E-state index contributed by atoms with van der Waals surface area (Å²) in [4.78, 5) is 11.1. The van der Waals surface area contributed by atoms with Gasteiger partial charge in [0.25, 0.3) is 0 Å². The number of carbonyl (C=O) groups excluding carboxylic acids is 1. The molecule has 3 heteroatoms. The molecule has 2 heterocycles. The molecule has 1 aromatic heterocycles. The molecule has 0 bridgehead atoms. The second-order valence-corrected chi connectivity index (χ2v) is 3.01. The Labute approximate surface area is 70.9 Å². The van der Waals surface area contributed by atoms with Gasteiger partial charge >= 0.3 is 5.97 Å². The van der Waals surface area contributed by atoms with Gasteiger partial charge in [-0.1, -0.05) is 0 Å². The lowest BCUT2D eigenvalue weighted by atomic mass is 10.2. The fourth-order valence-electron chi connectivity index (χ4n) is 1.63. The summed E-state index contributed by atoms with van der Waals surface area (Å²) in [7, 11) is 1.41. The van der Waals surface area contributed by atoms with Crippen molar-refractivity contribution in [2.75, 3.05) is 7.11 Å². The Bertz CT molecular complexity index is 293. The van der Waals surface area contributed by atoms with Gasteiger partial charge in [0.1, 0.15) is 0 Å². The molecular weight excluding hydrogens is 154 g/mol. The molecule has 3 nitrogen and oxygen atoms in total. The van der Waals surface area contributed by atoms with Crippen LogP contribution in [0.1, 0.15) is 22.5 Å². The quantitative estimate of drug-likeness (QED) is 0.586. The summed E-state index contributed by atoms with van der Waals surface area (Å²) in [5, 5.41) is 0. The highest BCUT2D eigenvalue weighted by Crippen LogP contribution is 2.18. The van der Waals surface area contributed by atoms with E-state index < -0.39 is 0 Å². The maximum Gasteiger partial charge on any atom is 0.339 e. The Kier molecular flexibility index (Phi) is 1.64. The van der Waals surface area contributed by atoms with Crippen LogP contribution in [-0.2, 0) is 17.7 Å². The van der Waals surface area contributed by atoms with Crippen molar-refractivity contribution in [3.63, 3.8) is 0 Å². The molecule has 1 aliphatic rings. The fraction of sp³-hybridized carbons (Fsp3) is 0.444. The van der Waals surface area contributed by atoms with Gasteiger partial charge in [-0.3, -0.25) is 0 Å². The third-order valence-electron chi connectivity index (χ3n) is 2.24. The Balaban J connectivity index is 2.31. The van der Waals surface area contributed by atoms with Crippen LogP contribution in [0.5, 0.6) is 0 Å². The van der Waals surface area contributed by atoms with Crippen LogP contribution in [0.15, 0.2) is 12.3 Å². The SMILES string of the molecule is COC(=O)c1cc2n(c1)CCC2. The van der Waals surface area contributed by atoms with E-state index in [-0.39, 0.29) is 5.97 Å². The zero-order chi connectivity index (χ0) is 8.55. The van der Waals surface area contributed by atoms with E-state index in [4.69, 9.17) is 0 Å². The van der Waals surface area contributed by atoms with Crippen LogP contribution in [0.25, 0.3) is 0 Å². The zero-order valence-corrected chi connectivity index (χ0v) is 7.04. The van der Waals surface area contributed by atoms with Gasteiger partial charge in [0.2, 0.25) is 0 Å². The van der Waals surface area contributed by atoms with Crippen molar-refractivity contribution in [3.05, 3.63) is 23.5 Å². The van der Waals surface area contributed by atoms with Crippen LogP contribution in [0, 0.1) is 0 Å². The number of fused-ring (bicyclic) bond motifs is 1. The Morgan fingerprint density at radius 3 is 3.17 bits per heavy atom. The summed E-state index contributed by atoms with van der Waals surface area (Å²) >= 11 is 0. The zero-order valence-electron chi connectivity index (χ0n) is 7.04. The first kappa shape index (κ1) is 7.40. The molecule has 0 aromatic carbocycles. The summed E-state index contributed by atoms with van der Waals surface area (Å²) in [6, 6.07) is 1.92. The molecule has 12 heavy (non-hydrogen) atoms. The number of nitrogens with zero attached hydrogens (tertiary/aromatic N) is 1. The van der Waals surface area contributed by atoms with Crippen molar-refractivity contribution in [1.29, 1.82) is 0 Å². The number of aromatic nitrogens is 1. The largest absolute Gasteiger partial charge is 0.465 e. The molecule has 0 saturated heterocycles. The van der Waals surface area contributed by atoms with Gasteiger partial charge in [-0.25, -0.2) is 4.79 Å². The van der Waals surface area contributed by atoms with E-state index in [1.807, 2.05) is 12.3 Å². The maximum absolute atomic E-state index is 11.1. The topological polar surface area (TPSA) is 31.2 Å². The Morgan fingerprint density at radius 2 is 2.50 bits per heavy atom. The average molecular weight is 165 g/mol. The summed E-state index contributed by atoms with van der Waals surface area (Å²) < 4.78 is 6.74. The highest BCUT2D eigenvalue weighted by atomic mass is 16.5. The number of carbonyl (C=O) groups is 1. The molecule has 0 N–H and O–H groups in total. The summed E-state index contributed by atoms with van der Waals surface area (Å²) in [5.41, 5.74) is 1.92. The van der Waals surface area contributed by atoms with Crippen LogP contribution in [0.4, 0.5) is 0 Å². The minimum absolute atomic E-state index is 0.239. The van der Waals surface area contributed by atoms with Crippen molar-refractivity contribution < 1.29 is 9.53 Å². The van der Waals surface area contributed by atoms with Gasteiger partial charge in [0.05, 0.1) is 12.7 Å². The number of hydrogen-bond donors (Lipinski definition) is 0. The molecule has 64 valence electrons. The third kappa shape index (κ3) is 1.02. The van der Waals surface area contributed by atoms with E-state index in [1.165, 1.54) is 19.2 Å². The molecule has 0 amide bonds. The van der Waals surface area contributed by atoms with Gasteiger partial charge in [-0.05, 0) is 18.9 Å². The van der Waals surface area contributed by atoms with Crippen molar-refractivity contribution in [3.8, 4) is 0 Å². The molecule has 0 atom stereocenters. The van der Waals surface area contributed by atoms with E-state index in [0.717, 1.165) is 13.0 Å². The molecule has 0 saturated carbocycles. The average Bonchev–Trinajstić information content (AvgIpc) is 2.60. The highest BCUT2D eigenvalue weighted by molar-refractivity contribution is 5.89. The minimum Gasteiger partial charge on any atom is -0.465 e. The molecule has 1 aliphatic heterocycles. The van der Waals surface area contributed by atoms with E-state index in [2.05, 4.69) is 9.30 Å². The van der Waals surface area contributed by atoms with Gasteiger partial charge < -0.3 is 9.30 Å². The first-order valence-electron chi connectivity index (χ1n) is 4.08. The number of rotatable bonds is 1. The molecule has 0 spiro atoms. The van der Waals surface area contributed by atoms with E-state index >= 15 is 0 Å². The maximum atomic E-state index is 11.1. The van der Waals surface area contributed by atoms with Gasteiger partial charge in [-0.15, -0.1) is 0 Å². The predicted molar refractivity (Wildman–Crippen MR) is 44.1 cm³/mol. The van der Waals surface area contributed by atoms with Crippen LogP contribution in [0.3, 0.4) is 0 Å².